The van der Waals surface area contributed by atoms with Gasteiger partial charge in [-0.15, -0.1) is 5.26 Å². The number of nitriles is 1. The molecule has 12 heteroatoms. The minimum Gasteiger partial charge on any atom is -0.387 e. The third-order valence-electron chi connectivity index (χ3n) is 12.1. The van der Waals surface area contributed by atoms with E-state index in [4.69, 9.17) is 15.1 Å². The Kier molecular flexibility index (Phi) is 12.5. The van der Waals surface area contributed by atoms with E-state index in [0.29, 0.717) is 6.42 Å². The summed E-state index contributed by atoms with van der Waals surface area (Å²) in [5.74, 6) is 0.708. The Morgan fingerprint density at radius 2 is 1.17 bits per heavy atom. The molecular weight excluding hydrogens is 697 g/mol. The number of hydrogen-bond acceptors (Lipinski definition) is 9. The van der Waals surface area contributed by atoms with Gasteiger partial charge in [-0.1, -0.05) is 12.1 Å². The highest BCUT2D eigenvalue weighted by atomic mass is 32.2. The van der Waals surface area contributed by atoms with Crippen molar-refractivity contribution >= 4 is 25.6 Å². The van der Waals surface area contributed by atoms with E-state index in [9.17, 15) is 21.6 Å². The lowest BCUT2D eigenvalue weighted by atomic mass is 9.91. The number of carbonyl (C=O) groups excluding carboxylic acids is 1. The van der Waals surface area contributed by atoms with Crippen molar-refractivity contribution in [3.63, 3.8) is 0 Å². The molecule has 10 nitrogen and oxygen atoms in total. The molecule has 0 radical (unpaired) electrons. The van der Waals surface area contributed by atoms with Crippen LogP contribution >= 0.6 is 0 Å². The van der Waals surface area contributed by atoms with Crippen LogP contribution in [0.5, 0.6) is 5.75 Å². The van der Waals surface area contributed by atoms with Crippen molar-refractivity contribution in [2.24, 2.45) is 5.14 Å². The van der Waals surface area contributed by atoms with E-state index in [1.165, 1.54) is 62.9 Å². The van der Waals surface area contributed by atoms with Crippen molar-refractivity contribution in [2.75, 3.05) is 44.4 Å². The summed E-state index contributed by atoms with van der Waals surface area (Å²) >= 11 is 0. The molecule has 4 aliphatic carbocycles. The lowest BCUT2D eigenvalue weighted by Crippen LogP contribution is -2.34. The van der Waals surface area contributed by atoms with Crippen molar-refractivity contribution in [3.8, 4) is 12.0 Å². The second-order valence-electron chi connectivity index (χ2n) is 15.9. The predicted octanol–water partition coefficient (Wildman–Crippen LogP) is 4.18. The van der Waals surface area contributed by atoms with Gasteiger partial charge in [-0.05, 0) is 180 Å². The number of Topliss-reactive ketones (excluding diaryl/α,β-unsaturated/α-hetero) is 1. The Labute approximate surface area is 311 Å². The summed E-state index contributed by atoms with van der Waals surface area (Å²) in [6, 6.07) is 4.92. The molecule has 0 saturated carbocycles. The van der Waals surface area contributed by atoms with Gasteiger partial charge in [-0.25, -0.2) is 22.0 Å². The second-order valence-corrected chi connectivity index (χ2v) is 19.6. The topological polar surface area (TPSA) is 151 Å². The van der Waals surface area contributed by atoms with Crippen LogP contribution in [0, 0.1) is 11.5 Å². The van der Waals surface area contributed by atoms with Crippen molar-refractivity contribution in [1.29, 1.82) is 5.26 Å². The molecule has 6 aliphatic rings. The summed E-state index contributed by atoms with van der Waals surface area (Å²) < 4.78 is 51.7. The van der Waals surface area contributed by atoms with E-state index in [0.717, 1.165) is 109 Å². The number of rotatable bonds is 9. The first-order chi connectivity index (χ1) is 24.8. The highest BCUT2D eigenvalue weighted by Gasteiger charge is 2.31. The van der Waals surface area contributed by atoms with Gasteiger partial charge in [-0.2, -0.15) is 0 Å². The zero-order valence-electron chi connectivity index (χ0n) is 31.1. The number of sulfonamides is 1. The van der Waals surface area contributed by atoms with Gasteiger partial charge in [0.05, 0.1) is 11.5 Å². The summed E-state index contributed by atoms with van der Waals surface area (Å²) in [6.07, 6.45) is 19.7. The number of primary sulfonamides is 1. The van der Waals surface area contributed by atoms with Crippen LogP contribution in [0.1, 0.15) is 101 Å². The van der Waals surface area contributed by atoms with Crippen molar-refractivity contribution in [1.82, 2.24) is 9.80 Å². The number of ether oxygens (including phenoxy) is 1. The minimum absolute atomic E-state index is 0.0815. The average Bonchev–Trinajstić information content (AvgIpc) is 3.92. The van der Waals surface area contributed by atoms with E-state index < -0.39 is 19.9 Å². The van der Waals surface area contributed by atoms with Crippen LogP contribution in [-0.2, 0) is 82.4 Å². The Morgan fingerprint density at radius 1 is 0.731 bits per heavy atom. The predicted molar refractivity (Wildman–Crippen MR) is 204 cm³/mol. The zero-order chi connectivity index (χ0) is 37.0. The first-order valence-electron chi connectivity index (χ1n) is 19.3. The van der Waals surface area contributed by atoms with Gasteiger partial charge in [0.15, 0.2) is 15.6 Å². The van der Waals surface area contributed by atoms with Gasteiger partial charge in [-0.3, -0.25) is 4.79 Å². The van der Waals surface area contributed by atoms with E-state index in [1.807, 2.05) is 25.3 Å². The fourth-order valence-electron chi connectivity index (χ4n) is 9.57. The molecule has 2 aromatic carbocycles. The zero-order valence-corrected chi connectivity index (χ0v) is 32.7. The first-order valence-corrected chi connectivity index (χ1v) is 22.9. The van der Waals surface area contributed by atoms with Crippen LogP contribution in [-0.4, -0.2) is 88.9 Å². The number of benzene rings is 2. The molecule has 284 valence electrons. The molecule has 0 bridgehead atoms. The van der Waals surface area contributed by atoms with E-state index in [2.05, 4.69) is 17.0 Å². The Morgan fingerprint density at radius 3 is 1.60 bits per heavy atom. The molecule has 2 heterocycles. The van der Waals surface area contributed by atoms with E-state index >= 15 is 0 Å². The number of aryl methyl sites for hydroxylation is 4. The number of ketones is 1. The monoisotopic (exact) mass is 752 g/mol. The Balaban J connectivity index is 0.000000150. The number of carbonyl (C=O) groups is 1. The van der Waals surface area contributed by atoms with Crippen LogP contribution in [0.15, 0.2) is 12.1 Å². The van der Waals surface area contributed by atoms with Crippen LogP contribution in [0.4, 0.5) is 0 Å². The van der Waals surface area contributed by atoms with Crippen LogP contribution in [0.2, 0.25) is 0 Å². The standard InChI is InChI=1S/C21H29NO3S.C13H13NO.C6H14N2O2S/c1-22-10-4-7-17(22)13-26(24,25)14-18(23)12-21-19-8-2-5-15(19)11-16-6-3-9-20(16)21;14-8-15-13-11-5-1-3-9(11)7-10-4-2-6-12(10)13;1-8-4-2-3-6(8)5-11(7,9)10/h11,17H,2-10,12-14H2,1H3;7H,1-6H2;6H,2-5H2,1H3,(H2,7,9,10). The van der Waals surface area contributed by atoms with Gasteiger partial charge >= 0.3 is 0 Å². The first kappa shape index (κ1) is 38.9. The van der Waals surface area contributed by atoms with Crippen LogP contribution in [0.3, 0.4) is 0 Å². The quantitative estimate of drug-likeness (QED) is 0.373. The van der Waals surface area contributed by atoms with Gasteiger partial charge < -0.3 is 14.5 Å². The molecule has 2 atom stereocenters. The van der Waals surface area contributed by atoms with Gasteiger partial charge in [0.2, 0.25) is 10.0 Å². The fourth-order valence-corrected chi connectivity index (χ4v) is 12.2. The number of likely N-dealkylation sites (tertiary alicyclic amines) is 2. The lowest BCUT2D eigenvalue weighted by molar-refractivity contribution is -0.116. The fraction of sp³-hybridized carbons (Fsp3) is 0.650. The number of nitrogens with zero attached hydrogens (tertiary/aromatic N) is 3. The van der Waals surface area contributed by atoms with Gasteiger partial charge in [0, 0.05) is 18.5 Å². The number of sulfone groups is 1. The van der Waals surface area contributed by atoms with Crippen molar-refractivity contribution < 1.29 is 26.4 Å². The normalized spacial score (nSPS) is 22.0. The lowest BCUT2D eigenvalue weighted by Gasteiger charge is -2.19. The minimum atomic E-state index is -3.34. The molecule has 2 N–H and O–H groups in total. The molecule has 2 saturated heterocycles. The third kappa shape index (κ3) is 9.45. The molecule has 52 heavy (non-hydrogen) atoms. The molecule has 2 fully saturated rings. The summed E-state index contributed by atoms with van der Waals surface area (Å²) in [4.78, 5) is 16.8. The van der Waals surface area contributed by atoms with Crippen LogP contribution < -0.4 is 9.88 Å². The summed E-state index contributed by atoms with van der Waals surface area (Å²) in [5, 5.41) is 13.6. The van der Waals surface area contributed by atoms with Crippen molar-refractivity contribution in [3.05, 3.63) is 62.2 Å². The maximum Gasteiger partial charge on any atom is 0.292 e. The second kappa shape index (κ2) is 16.7. The van der Waals surface area contributed by atoms with Gasteiger partial charge in [0.25, 0.3) is 6.26 Å². The highest BCUT2D eigenvalue weighted by Crippen LogP contribution is 2.40. The smallest absolute Gasteiger partial charge is 0.292 e. The molecular formula is C40H56N4O6S2. The maximum absolute atomic E-state index is 12.7. The third-order valence-corrected chi connectivity index (χ3v) is 14.6. The molecule has 8 rings (SSSR count). The van der Waals surface area contributed by atoms with Crippen LogP contribution in [0.25, 0.3) is 0 Å². The Bertz CT molecular complexity index is 1860. The Hall–Kier alpha value is -2.82. The molecule has 2 unspecified atom stereocenters. The molecule has 2 aromatic rings. The van der Waals surface area contributed by atoms with Crippen molar-refractivity contribution in [2.45, 2.75) is 121 Å². The average molecular weight is 753 g/mol. The summed E-state index contributed by atoms with van der Waals surface area (Å²) in [6.45, 7) is 1.94. The maximum atomic E-state index is 12.7. The number of fused-ring (bicyclic) bond motifs is 4. The molecule has 2 aliphatic heterocycles. The largest absolute Gasteiger partial charge is 0.387 e. The molecule has 0 spiro atoms. The summed E-state index contributed by atoms with van der Waals surface area (Å²) in [7, 11) is -2.71. The highest BCUT2D eigenvalue weighted by molar-refractivity contribution is 7.92. The summed E-state index contributed by atoms with van der Waals surface area (Å²) in [5.41, 5.74) is 12.1. The number of nitrogens with two attached hydrogens (primary N) is 1. The van der Waals surface area contributed by atoms with E-state index in [1.54, 1.807) is 0 Å². The number of hydrogen-bond donors (Lipinski definition) is 1. The van der Waals surface area contributed by atoms with Gasteiger partial charge in [0.1, 0.15) is 11.5 Å². The van der Waals surface area contributed by atoms with E-state index in [-0.39, 0.29) is 35.1 Å². The molecule has 0 amide bonds. The SMILES string of the molecule is CN1CCCC1CS(=O)(=O)CC(=O)Cc1c2c(cc3c1CCC3)CCC2.CN1CCCC1CS(N)(=O)=O.N#COc1c2c(cc3c1CCC3)CCC2. The molecule has 0 aromatic heterocycles.